The van der Waals surface area contributed by atoms with Gasteiger partial charge in [0.2, 0.25) is 0 Å². The van der Waals surface area contributed by atoms with Gasteiger partial charge in [0.05, 0.1) is 0 Å². The topological polar surface area (TPSA) is 23.8 Å². The Morgan fingerprint density at radius 3 is 1.73 bits per heavy atom. The molecule has 1 heteroatoms. The zero-order valence-corrected chi connectivity index (χ0v) is 8.72. The Morgan fingerprint density at radius 2 is 1.20 bits per heavy atom. The Kier molecular flexibility index (Phi) is 4.12. The first-order chi connectivity index (χ1) is 7.36. The predicted molar refractivity (Wildman–Crippen MR) is 63.3 cm³/mol. The highest BCUT2D eigenvalue weighted by molar-refractivity contribution is 5.63. The maximum Gasteiger partial charge on any atom is 0.0462 e. The van der Waals surface area contributed by atoms with Crippen molar-refractivity contribution in [1.29, 1.82) is 5.26 Å². The standard InChI is InChI=1S/C13H12.CHN/c1-11-7-9-13(10-8-11)12-5-3-2-4-6-12;1-2/h2-10H,1H3;1H. The van der Waals surface area contributed by atoms with Crippen molar-refractivity contribution in [1.82, 2.24) is 0 Å². The van der Waals surface area contributed by atoms with Gasteiger partial charge in [0, 0.05) is 6.57 Å². The smallest absolute Gasteiger partial charge is 0.0462 e. The molecule has 0 radical (unpaired) electrons. The normalized spacial score (nSPS) is 8.73. The lowest BCUT2D eigenvalue weighted by atomic mass is 10.0. The van der Waals surface area contributed by atoms with E-state index in [9.17, 15) is 0 Å². The third-order valence-electron chi connectivity index (χ3n) is 2.16. The highest BCUT2D eigenvalue weighted by Gasteiger charge is 1.93. The van der Waals surface area contributed by atoms with E-state index in [2.05, 4.69) is 62.0 Å². The molecule has 0 unspecified atom stereocenters. The third kappa shape index (κ3) is 2.96. The van der Waals surface area contributed by atoms with E-state index >= 15 is 0 Å². The first-order valence-corrected chi connectivity index (χ1v) is 4.74. The lowest BCUT2D eigenvalue weighted by molar-refractivity contribution is 1.47. The number of benzene rings is 2. The molecular weight excluding hydrogens is 182 g/mol. The van der Waals surface area contributed by atoms with E-state index in [1.807, 2.05) is 6.07 Å². The zero-order valence-electron chi connectivity index (χ0n) is 8.72. The summed E-state index contributed by atoms with van der Waals surface area (Å²) in [5.41, 5.74) is 3.87. The van der Waals surface area contributed by atoms with Crippen molar-refractivity contribution in [3.63, 3.8) is 0 Å². The molecule has 0 saturated carbocycles. The molecule has 2 aromatic carbocycles. The molecule has 74 valence electrons. The molecule has 0 atom stereocenters. The van der Waals surface area contributed by atoms with Crippen LogP contribution in [0.1, 0.15) is 5.56 Å². The summed E-state index contributed by atoms with van der Waals surface area (Å²) < 4.78 is 0. The number of hydrogen-bond donors (Lipinski definition) is 0. The van der Waals surface area contributed by atoms with Gasteiger partial charge < -0.3 is 0 Å². The fourth-order valence-corrected chi connectivity index (χ4v) is 1.38. The summed E-state index contributed by atoms with van der Waals surface area (Å²) in [7, 11) is 0. The van der Waals surface area contributed by atoms with E-state index in [0.717, 1.165) is 0 Å². The van der Waals surface area contributed by atoms with Crippen LogP contribution in [0.3, 0.4) is 0 Å². The van der Waals surface area contributed by atoms with Crippen molar-refractivity contribution < 1.29 is 0 Å². The van der Waals surface area contributed by atoms with E-state index < -0.39 is 0 Å². The van der Waals surface area contributed by atoms with Gasteiger partial charge in [-0.2, -0.15) is 0 Å². The average molecular weight is 195 g/mol. The maximum absolute atomic E-state index is 6.50. The lowest BCUT2D eigenvalue weighted by Gasteiger charge is -2.00. The molecule has 0 aliphatic carbocycles. The third-order valence-corrected chi connectivity index (χ3v) is 2.16. The zero-order chi connectivity index (χ0) is 11.1. The Balaban J connectivity index is 0.000000531. The number of nitrogens with zero attached hydrogens (tertiary/aromatic N) is 1. The van der Waals surface area contributed by atoms with Crippen LogP contribution in [0.15, 0.2) is 54.6 Å². The van der Waals surface area contributed by atoms with E-state index in [4.69, 9.17) is 5.26 Å². The van der Waals surface area contributed by atoms with Gasteiger partial charge in [0.15, 0.2) is 0 Å². The Hall–Kier alpha value is -2.07. The highest BCUT2D eigenvalue weighted by atomic mass is 14.2. The molecule has 0 fully saturated rings. The molecule has 0 aromatic heterocycles. The van der Waals surface area contributed by atoms with Crippen LogP contribution in [0.25, 0.3) is 11.1 Å². The van der Waals surface area contributed by atoms with Crippen molar-refractivity contribution in [3.05, 3.63) is 60.2 Å². The Morgan fingerprint density at radius 1 is 0.733 bits per heavy atom. The molecule has 0 spiro atoms. The van der Waals surface area contributed by atoms with Crippen molar-refractivity contribution >= 4 is 0 Å². The van der Waals surface area contributed by atoms with Gasteiger partial charge in [-0.3, -0.25) is 0 Å². The Bertz CT molecular complexity index is 412. The summed E-state index contributed by atoms with van der Waals surface area (Å²) in [5, 5.41) is 6.50. The van der Waals surface area contributed by atoms with Gasteiger partial charge in [-0.1, -0.05) is 60.2 Å². The molecule has 0 aliphatic rings. The summed E-state index contributed by atoms with van der Waals surface area (Å²) in [6, 6.07) is 19.0. The van der Waals surface area contributed by atoms with Crippen LogP contribution in [0.2, 0.25) is 0 Å². The minimum absolute atomic E-state index is 1.28. The van der Waals surface area contributed by atoms with Crippen LogP contribution in [0, 0.1) is 18.8 Å². The number of rotatable bonds is 1. The van der Waals surface area contributed by atoms with Crippen LogP contribution in [-0.2, 0) is 0 Å². The van der Waals surface area contributed by atoms with Gasteiger partial charge in [-0.05, 0) is 18.1 Å². The van der Waals surface area contributed by atoms with E-state index in [1.165, 1.54) is 16.7 Å². The summed E-state index contributed by atoms with van der Waals surface area (Å²) in [6.07, 6.45) is 0. The summed E-state index contributed by atoms with van der Waals surface area (Å²) in [4.78, 5) is 0. The van der Waals surface area contributed by atoms with Crippen molar-refractivity contribution in [2.75, 3.05) is 0 Å². The van der Waals surface area contributed by atoms with Crippen LogP contribution in [-0.4, -0.2) is 0 Å². The quantitative estimate of drug-likeness (QED) is 0.679. The number of nitriles is 1. The SMILES string of the molecule is C#N.Cc1ccc(-c2ccccc2)cc1. The molecule has 0 amide bonds. The lowest BCUT2D eigenvalue weighted by Crippen LogP contribution is -1.76. The van der Waals surface area contributed by atoms with Crippen LogP contribution >= 0.6 is 0 Å². The molecule has 0 bridgehead atoms. The van der Waals surface area contributed by atoms with Crippen molar-refractivity contribution in [3.8, 4) is 17.7 Å². The first kappa shape index (κ1) is 11.0. The fourth-order valence-electron chi connectivity index (χ4n) is 1.38. The second-order valence-electron chi connectivity index (χ2n) is 3.23. The fraction of sp³-hybridized carbons (Fsp3) is 0.0714. The van der Waals surface area contributed by atoms with Gasteiger partial charge in [0.25, 0.3) is 0 Å². The summed E-state index contributed by atoms with van der Waals surface area (Å²) >= 11 is 0. The molecule has 15 heavy (non-hydrogen) atoms. The van der Waals surface area contributed by atoms with Crippen LogP contribution < -0.4 is 0 Å². The van der Waals surface area contributed by atoms with Crippen LogP contribution in [0.5, 0.6) is 0 Å². The van der Waals surface area contributed by atoms with Gasteiger partial charge in [-0.25, -0.2) is 5.26 Å². The predicted octanol–water partition coefficient (Wildman–Crippen LogP) is 3.80. The number of hydrogen-bond acceptors (Lipinski definition) is 1. The van der Waals surface area contributed by atoms with Crippen LogP contribution in [0.4, 0.5) is 0 Å². The van der Waals surface area contributed by atoms with E-state index in [1.54, 1.807) is 0 Å². The second-order valence-corrected chi connectivity index (χ2v) is 3.23. The maximum atomic E-state index is 6.50. The second kappa shape index (κ2) is 5.62. The molecule has 2 rings (SSSR count). The molecule has 0 N–H and O–H groups in total. The summed E-state index contributed by atoms with van der Waals surface area (Å²) in [5.74, 6) is 0. The van der Waals surface area contributed by atoms with Gasteiger partial charge in [0.1, 0.15) is 0 Å². The molecule has 0 aliphatic heterocycles. The number of aryl methyl sites for hydroxylation is 1. The van der Waals surface area contributed by atoms with E-state index in [-0.39, 0.29) is 0 Å². The van der Waals surface area contributed by atoms with Gasteiger partial charge in [-0.15, -0.1) is 0 Å². The molecule has 2 aromatic rings. The van der Waals surface area contributed by atoms with E-state index in [0.29, 0.717) is 0 Å². The minimum atomic E-state index is 1.28. The molecule has 0 saturated heterocycles. The Labute approximate surface area is 90.6 Å². The minimum Gasteiger partial charge on any atom is -0.202 e. The summed E-state index contributed by atoms with van der Waals surface area (Å²) in [6.45, 7) is 5.61. The molecule has 0 heterocycles. The average Bonchev–Trinajstić information content (AvgIpc) is 2.34. The molecular formula is C14H13N. The first-order valence-electron chi connectivity index (χ1n) is 4.74. The highest BCUT2D eigenvalue weighted by Crippen LogP contribution is 2.18. The van der Waals surface area contributed by atoms with Crippen molar-refractivity contribution in [2.45, 2.75) is 6.92 Å². The largest absolute Gasteiger partial charge is 0.202 e. The monoisotopic (exact) mass is 195 g/mol. The molecule has 1 nitrogen and oxygen atoms in total. The van der Waals surface area contributed by atoms with Crippen molar-refractivity contribution in [2.24, 2.45) is 0 Å². The van der Waals surface area contributed by atoms with Gasteiger partial charge >= 0.3 is 0 Å².